The molecule has 20 heavy (non-hydrogen) atoms. The van der Waals surface area contributed by atoms with Crippen molar-refractivity contribution in [3.63, 3.8) is 0 Å². The fourth-order valence-corrected chi connectivity index (χ4v) is 2.62. The monoisotopic (exact) mass is 282 g/mol. The Morgan fingerprint density at radius 3 is 2.35 bits per heavy atom. The maximum Gasteiger partial charge on any atom is 0.242 e. The van der Waals surface area contributed by atoms with Crippen molar-refractivity contribution < 1.29 is 14.4 Å². The highest BCUT2D eigenvalue weighted by molar-refractivity contribution is 5.85. The summed E-state index contributed by atoms with van der Waals surface area (Å²) in [6, 6.07) is 0. The van der Waals surface area contributed by atoms with Gasteiger partial charge in [-0.1, -0.05) is 0 Å². The highest BCUT2D eigenvalue weighted by atomic mass is 16.2. The van der Waals surface area contributed by atoms with Crippen LogP contribution in [0.25, 0.3) is 0 Å². The lowest BCUT2D eigenvalue weighted by atomic mass is 10.2. The van der Waals surface area contributed by atoms with Crippen LogP contribution in [0, 0.1) is 0 Å². The minimum Gasteiger partial charge on any atom is -0.370 e. The van der Waals surface area contributed by atoms with E-state index in [0.717, 1.165) is 19.5 Å². The van der Waals surface area contributed by atoms with Gasteiger partial charge >= 0.3 is 0 Å². The lowest BCUT2D eigenvalue weighted by Gasteiger charge is -2.35. The topological polar surface area (TPSA) is 87.0 Å². The third-order valence-corrected chi connectivity index (χ3v) is 3.90. The molecule has 0 spiro atoms. The molecule has 0 saturated carbocycles. The van der Waals surface area contributed by atoms with E-state index >= 15 is 0 Å². The highest BCUT2D eigenvalue weighted by Gasteiger charge is 2.26. The normalized spacial score (nSPS) is 20.5. The van der Waals surface area contributed by atoms with Crippen LogP contribution in [0.5, 0.6) is 0 Å². The van der Waals surface area contributed by atoms with Gasteiger partial charge in [0.15, 0.2) is 0 Å². The molecule has 0 bridgehead atoms. The minimum absolute atomic E-state index is 0.0230. The van der Waals surface area contributed by atoms with Crippen LogP contribution in [-0.2, 0) is 14.4 Å². The van der Waals surface area contributed by atoms with Crippen LogP contribution in [0.2, 0.25) is 0 Å². The highest BCUT2D eigenvalue weighted by Crippen LogP contribution is 2.10. The zero-order valence-corrected chi connectivity index (χ0v) is 11.7. The third kappa shape index (κ3) is 3.93. The molecule has 2 saturated heterocycles. The number of nitrogens with zero attached hydrogens (tertiary/aromatic N) is 3. The first-order valence-electron chi connectivity index (χ1n) is 7.12. The van der Waals surface area contributed by atoms with E-state index in [-0.39, 0.29) is 24.3 Å². The summed E-state index contributed by atoms with van der Waals surface area (Å²) in [7, 11) is 0. The summed E-state index contributed by atoms with van der Waals surface area (Å²) in [5.74, 6) is -0.190. The SMILES string of the molecule is NC(=O)CCN1CCN(C(=O)CN2CCCC2=O)CC1. The van der Waals surface area contributed by atoms with Crippen molar-refractivity contribution in [2.45, 2.75) is 19.3 Å². The molecule has 7 heteroatoms. The second-order valence-electron chi connectivity index (χ2n) is 5.36. The van der Waals surface area contributed by atoms with Crippen LogP contribution >= 0.6 is 0 Å². The average Bonchev–Trinajstić information content (AvgIpc) is 2.82. The van der Waals surface area contributed by atoms with Gasteiger partial charge < -0.3 is 15.5 Å². The van der Waals surface area contributed by atoms with Crippen molar-refractivity contribution in [1.29, 1.82) is 0 Å². The first-order chi connectivity index (χ1) is 9.56. The summed E-state index contributed by atoms with van der Waals surface area (Å²) < 4.78 is 0. The first-order valence-corrected chi connectivity index (χ1v) is 7.12. The van der Waals surface area contributed by atoms with Gasteiger partial charge in [-0.2, -0.15) is 0 Å². The molecular weight excluding hydrogens is 260 g/mol. The Bertz CT molecular complexity index is 391. The smallest absolute Gasteiger partial charge is 0.242 e. The summed E-state index contributed by atoms with van der Waals surface area (Å²) in [6.07, 6.45) is 1.78. The Morgan fingerprint density at radius 2 is 1.80 bits per heavy atom. The van der Waals surface area contributed by atoms with Crippen molar-refractivity contribution in [2.24, 2.45) is 5.73 Å². The number of rotatable bonds is 5. The molecule has 0 aromatic rings. The predicted molar refractivity (Wildman–Crippen MR) is 72.6 cm³/mol. The van der Waals surface area contributed by atoms with E-state index in [4.69, 9.17) is 5.73 Å². The van der Waals surface area contributed by atoms with E-state index in [1.54, 1.807) is 9.80 Å². The first kappa shape index (κ1) is 14.8. The lowest BCUT2D eigenvalue weighted by molar-refractivity contribution is -0.139. The number of nitrogens with two attached hydrogens (primary N) is 1. The summed E-state index contributed by atoms with van der Waals surface area (Å²) in [5, 5.41) is 0. The van der Waals surface area contributed by atoms with Gasteiger partial charge in [0.05, 0.1) is 6.54 Å². The van der Waals surface area contributed by atoms with Crippen molar-refractivity contribution in [3.8, 4) is 0 Å². The zero-order chi connectivity index (χ0) is 14.5. The summed E-state index contributed by atoms with van der Waals surface area (Å²) in [6.45, 7) is 4.38. The van der Waals surface area contributed by atoms with Gasteiger partial charge in [0.25, 0.3) is 0 Å². The molecule has 2 N–H and O–H groups in total. The third-order valence-electron chi connectivity index (χ3n) is 3.90. The molecule has 0 aromatic carbocycles. The molecule has 0 aliphatic carbocycles. The van der Waals surface area contributed by atoms with Crippen LogP contribution < -0.4 is 5.73 Å². The van der Waals surface area contributed by atoms with E-state index < -0.39 is 0 Å². The summed E-state index contributed by atoms with van der Waals surface area (Å²) in [4.78, 5) is 39.9. The molecule has 0 atom stereocenters. The van der Waals surface area contributed by atoms with E-state index in [1.165, 1.54) is 0 Å². The van der Waals surface area contributed by atoms with Crippen LogP contribution in [-0.4, -0.2) is 78.2 Å². The Morgan fingerprint density at radius 1 is 1.10 bits per heavy atom. The maximum atomic E-state index is 12.1. The van der Waals surface area contributed by atoms with Crippen LogP contribution in [0.3, 0.4) is 0 Å². The lowest BCUT2D eigenvalue weighted by Crippen LogP contribution is -2.51. The number of amides is 3. The van der Waals surface area contributed by atoms with Crippen LogP contribution in [0.4, 0.5) is 0 Å². The van der Waals surface area contributed by atoms with Gasteiger partial charge in [0, 0.05) is 52.1 Å². The molecule has 2 aliphatic rings. The van der Waals surface area contributed by atoms with Crippen molar-refractivity contribution in [3.05, 3.63) is 0 Å². The molecule has 0 radical (unpaired) electrons. The van der Waals surface area contributed by atoms with Crippen LogP contribution in [0.1, 0.15) is 19.3 Å². The number of primary amides is 1. The molecule has 0 aromatic heterocycles. The van der Waals surface area contributed by atoms with E-state index in [2.05, 4.69) is 4.90 Å². The van der Waals surface area contributed by atoms with Gasteiger partial charge in [-0.05, 0) is 6.42 Å². The molecule has 2 rings (SSSR count). The number of hydrogen-bond donors (Lipinski definition) is 1. The van der Waals surface area contributed by atoms with Crippen molar-refractivity contribution >= 4 is 17.7 Å². The van der Waals surface area contributed by atoms with Gasteiger partial charge in [0.1, 0.15) is 0 Å². The Hall–Kier alpha value is -1.63. The van der Waals surface area contributed by atoms with E-state index in [1.807, 2.05) is 0 Å². The number of piperazine rings is 1. The van der Waals surface area contributed by atoms with Crippen molar-refractivity contribution in [1.82, 2.24) is 14.7 Å². The van der Waals surface area contributed by atoms with E-state index in [9.17, 15) is 14.4 Å². The second-order valence-corrected chi connectivity index (χ2v) is 5.36. The minimum atomic E-state index is -0.295. The van der Waals surface area contributed by atoms with Crippen molar-refractivity contribution in [2.75, 3.05) is 45.8 Å². The average molecular weight is 282 g/mol. The molecule has 3 amide bonds. The fraction of sp³-hybridized carbons (Fsp3) is 0.769. The molecular formula is C13H22N4O3. The van der Waals surface area contributed by atoms with E-state index in [0.29, 0.717) is 39.0 Å². The number of carbonyl (C=O) groups excluding carboxylic acids is 3. The number of hydrogen-bond acceptors (Lipinski definition) is 4. The van der Waals surface area contributed by atoms with Gasteiger partial charge in [-0.3, -0.25) is 19.3 Å². The number of carbonyl (C=O) groups is 3. The fourth-order valence-electron chi connectivity index (χ4n) is 2.62. The summed E-state index contributed by atoms with van der Waals surface area (Å²) in [5.41, 5.74) is 5.12. The Labute approximate surface area is 118 Å². The number of likely N-dealkylation sites (tertiary alicyclic amines) is 1. The second kappa shape index (κ2) is 6.69. The molecule has 7 nitrogen and oxygen atoms in total. The Kier molecular flexibility index (Phi) is 4.94. The maximum absolute atomic E-state index is 12.1. The molecule has 0 unspecified atom stereocenters. The predicted octanol–water partition coefficient (Wildman–Crippen LogP) is -1.37. The van der Waals surface area contributed by atoms with Gasteiger partial charge in [-0.25, -0.2) is 0 Å². The molecule has 2 heterocycles. The van der Waals surface area contributed by atoms with Gasteiger partial charge in [-0.15, -0.1) is 0 Å². The molecule has 2 aliphatic heterocycles. The summed E-state index contributed by atoms with van der Waals surface area (Å²) >= 11 is 0. The molecule has 2 fully saturated rings. The largest absolute Gasteiger partial charge is 0.370 e. The standard InChI is InChI=1S/C13H22N4O3/c14-11(18)3-5-15-6-8-16(9-7-15)13(20)10-17-4-1-2-12(17)19/h1-10H2,(H2,14,18). The quantitative estimate of drug-likeness (QED) is 0.674. The van der Waals surface area contributed by atoms with Crippen LogP contribution in [0.15, 0.2) is 0 Å². The van der Waals surface area contributed by atoms with Gasteiger partial charge in [0.2, 0.25) is 17.7 Å². The molecule has 112 valence electrons. The Balaban J connectivity index is 1.71. The zero-order valence-electron chi connectivity index (χ0n) is 11.7.